The fourth-order valence-electron chi connectivity index (χ4n) is 2.81. The third kappa shape index (κ3) is 5.11. The van der Waals surface area contributed by atoms with Crippen molar-refractivity contribution < 1.29 is 9.53 Å². The fourth-order valence-corrected chi connectivity index (χ4v) is 3.00. The monoisotopic (exact) mass is 379 g/mol. The molecule has 27 heavy (non-hydrogen) atoms. The zero-order valence-corrected chi connectivity index (χ0v) is 16.0. The third-order valence-corrected chi connectivity index (χ3v) is 4.69. The second kappa shape index (κ2) is 9.24. The quantitative estimate of drug-likeness (QED) is 0.536. The molecule has 3 aromatic carbocycles. The van der Waals surface area contributed by atoms with Crippen molar-refractivity contribution in [1.29, 1.82) is 0 Å². The van der Waals surface area contributed by atoms with Gasteiger partial charge < -0.3 is 9.64 Å². The molecule has 0 bridgehead atoms. The highest BCUT2D eigenvalue weighted by molar-refractivity contribution is 6.31. The standard InChI is InChI=1S/C23H22ClNO2/c1-2-25(16-18-9-4-3-5-10-18)23(26)19-12-8-13-21(15-19)27-17-20-11-6-7-14-22(20)24/h3-15H,2,16-17H2,1H3. The molecule has 138 valence electrons. The summed E-state index contributed by atoms with van der Waals surface area (Å²) in [5, 5.41) is 0.671. The summed E-state index contributed by atoms with van der Waals surface area (Å²) in [6.07, 6.45) is 0. The molecule has 3 nitrogen and oxygen atoms in total. The average Bonchev–Trinajstić information content (AvgIpc) is 2.72. The van der Waals surface area contributed by atoms with E-state index < -0.39 is 0 Å². The van der Waals surface area contributed by atoms with Crippen molar-refractivity contribution in [3.05, 3.63) is 101 Å². The van der Waals surface area contributed by atoms with Crippen LogP contribution in [0.25, 0.3) is 0 Å². The van der Waals surface area contributed by atoms with Gasteiger partial charge in [-0.25, -0.2) is 0 Å². The molecule has 1 amide bonds. The van der Waals surface area contributed by atoms with E-state index in [1.807, 2.05) is 84.6 Å². The molecule has 3 aromatic rings. The van der Waals surface area contributed by atoms with E-state index in [0.29, 0.717) is 36.0 Å². The van der Waals surface area contributed by atoms with E-state index in [-0.39, 0.29) is 5.91 Å². The molecule has 0 aliphatic carbocycles. The molecule has 0 aromatic heterocycles. The second-order valence-corrected chi connectivity index (χ2v) is 6.62. The first-order chi connectivity index (χ1) is 13.2. The average molecular weight is 380 g/mol. The molecule has 0 spiro atoms. The highest BCUT2D eigenvalue weighted by Crippen LogP contribution is 2.20. The number of carbonyl (C=O) groups is 1. The Morgan fingerprint density at radius 1 is 0.963 bits per heavy atom. The van der Waals surface area contributed by atoms with Gasteiger partial charge in [0.05, 0.1) is 0 Å². The molecule has 4 heteroatoms. The zero-order chi connectivity index (χ0) is 19.1. The third-order valence-electron chi connectivity index (χ3n) is 4.32. The fraction of sp³-hybridized carbons (Fsp3) is 0.174. The molecule has 0 atom stereocenters. The van der Waals surface area contributed by atoms with Gasteiger partial charge >= 0.3 is 0 Å². The Balaban J connectivity index is 1.70. The van der Waals surface area contributed by atoms with Gasteiger partial charge in [-0.05, 0) is 36.8 Å². The number of hydrogen-bond donors (Lipinski definition) is 0. The summed E-state index contributed by atoms with van der Waals surface area (Å²) < 4.78 is 5.84. The molecule has 0 saturated carbocycles. The van der Waals surface area contributed by atoms with Crippen molar-refractivity contribution in [3.63, 3.8) is 0 Å². The maximum atomic E-state index is 12.9. The molecule has 3 rings (SSSR count). The van der Waals surface area contributed by atoms with Gasteiger partial charge in [-0.15, -0.1) is 0 Å². The number of ether oxygens (including phenoxy) is 1. The van der Waals surface area contributed by atoms with Crippen LogP contribution in [0, 0.1) is 0 Å². The summed E-state index contributed by atoms with van der Waals surface area (Å²) >= 11 is 6.17. The van der Waals surface area contributed by atoms with Gasteiger partial charge in [-0.3, -0.25) is 4.79 Å². The summed E-state index contributed by atoms with van der Waals surface area (Å²) in [6.45, 7) is 3.57. The Labute approximate surface area is 165 Å². The number of hydrogen-bond acceptors (Lipinski definition) is 2. The Hall–Kier alpha value is -2.78. The van der Waals surface area contributed by atoms with Crippen molar-refractivity contribution >= 4 is 17.5 Å². The van der Waals surface area contributed by atoms with Gasteiger partial charge in [0.2, 0.25) is 0 Å². The lowest BCUT2D eigenvalue weighted by atomic mass is 10.1. The predicted molar refractivity (Wildman–Crippen MR) is 109 cm³/mol. The SMILES string of the molecule is CCN(Cc1ccccc1)C(=O)c1cccc(OCc2ccccc2Cl)c1. The van der Waals surface area contributed by atoms with E-state index in [1.165, 1.54) is 0 Å². The first-order valence-electron chi connectivity index (χ1n) is 8.97. The maximum absolute atomic E-state index is 12.9. The van der Waals surface area contributed by atoms with E-state index in [0.717, 1.165) is 11.1 Å². The van der Waals surface area contributed by atoms with Crippen LogP contribution in [-0.4, -0.2) is 17.4 Å². The molecular weight excluding hydrogens is 358 g/mol. The smallest absolute Gasteiger partial charge is 0.254 e. The van der Waals surface area contributed by atoms with E-state index in [1.54, 1.807) is 6.07 Å². The van der Waals surface area contributed by atoms with Gasteiger partial charge in [0, 0.05) is 29.2 Å². The minimum atomic E-state index is -0.00968. The molecule has 0 radical (unpaired) electrons. The van der Waals surface area contributed by atoms with E-state index in [9.17, 15) is 4.79 Å². The van der Waals surface area contributed by atoms with Crippen molar-refractivity contribution in [1.82, 2.24) is 4.90 Å². The summed E-state index contributed by atoms with van der Waals surface area (Å²) in [6, 6.07) is 24.9. The number of rotatable bonds is 7. The molecule has 0 aliphatic heterocycles. The van der Waals surface area contributed by atoms with E-state index in [4.69, 9.17) is 16.3 Å². The van der Waals surface area contributed by atoms with Crippen molar-refractivity contribution in [2.24, 2.45) is 0 Å². The summed E-state index contributed by atoms with van der Waals surface area (Å²) in [5.74, 6) is 0.640. The van der Waals surface area contributed by atoms with Gasteiger partial charge in [0.15, 0.2) is 0 Å². The van der Waals surface area contributed by atoms with Crippen molar-refractivity contribution in [2.75, 3.05) is 6.54 Å². The van der Waals surface area contributed by atoms with Crippen molar-refractivity contribution in [2.45, 2.75) is 20.1 Å². The van der Waals surface area contributed by atoms with Gasteiger partial charge in [0.25, 0.3) is 5.91 Å². The van der Waals surface area contributed by atoms with E-state index in [2.05, 4.69) is 0 Å². The van der Waals surface area contributed by atoms with E-state index >= 15 is 0 Å². The van der Waals surface area contributed by atoms with Crippen LogP contribution in [-0.2, 0) is 13.2 Å². The molecule has 0 aliphatic rings. The first-order valence-corrected chi connectivity index (χ1v) is 9.34. The number of benzene rings is 3. The second-order valence-electron chi connectivity index (χ2n) is 6.21. The lowest BCUT2D eigenvalue weighted by Gasteiger charge is -2.21. The molecular formula is C23H22ClNO2. The zero-order valence-electron chi connectivity index (χ0n) is 15.3. The molecule has 0 saturated heterocycles. The van der Waals surface area contributed by atoms with Gasteiger partial charge in [-0.1, -0.05) is 66.2 Å². The highest BCUT2D eigenvalue weighted by Gasteiger charge is 2.15. The minimum absolute atomic E-state index is 0.00968. The van der Waals surface area contributed by atoms with Gasteiger partial charge in [-0.2, -0.15) is 0 Å². The number of halogens is 1. The maximum Gasteiger partial charge on any atom is 0.254 e. The van der Waals surface area contributed by atoms with Crippen LogP contribution in [0.5, 0.6) is 5.75 Å². The van der Waals surface area contributed by atoms with Crippen LogP contribution in [0.2, 0.25) is 5.02 Å². The highest BCUT2D eigenvalue weighted by atomic mass is 35.5. The first kappa shape index (κ1) is 19.0. The van der Waals surface area contributed by atoms with Crippen LogP contribution >= 0.6 is 11.6 Å². The Morgan fingerprint density at radius 3 is 2.44 bits per heavy atom. The Kier molecular flexibility index (Phi) is 6.50. The van der Waals surface area contributed by atoms with Crippen LogP contribution in [0.1, 0.15) is 28.4 Å². The van der Waals surface area contributed by atoms with Crippen LogP contribution in [0.4, 0.5) is 0 Å². The molecule has 0 fully saturated rings. The molecule has 0 unspecified atom stereocenters. The number of amides is 1. The van der Waals surface area contributed by atoms with Crippen LogP contribution in [0.3, 0.4) is 0 Å². The van der Waals surface area contributed by atoms with Gasteiger partial charge in [0.1, 0.15) is 12.4 Å². The Morgan fingerprint density at radius 2 is 1.70 bits per heavy atom. The van der Waals surface area contributed by atoms with Crippen molar-refractivity contribution in [3.8, 4) is 5.75 Å². The summed E-state index contributed by atoms with van der Waals surface area (Å²) in [4.78, 5) is 14.7. The number of carbonyl (C=O) groups excluding carboxylic acids is 1. The Bertz CT molecular complexity index is 896. The van der Waals surface area contributed by atoms with Crippen LogP contribution < -0.4 is 4.74 Å². The lowest BCUT2D eigenvalue weighted by Crippen LogP contribution is -2.30. The normalized spacial score (nSPS) is 10.4. The molecule has 0 N–H and O–H groups in total. The summed E-state index contributed by atoms with van der Waals surface area (Å²) in [7, 11) is 0. The lowest BCUT2D eigenvalue weighted by molar-refractivity contribution is 0.0752. The minimum Gasteiger partial charge on any atom is -0.489 e. The molecule has 0 heterocycles. The topological polar surface area (TPSA) is 29.5 Å². The summed E-state index contributed by atoms with van der Waals surface area (Å²) in [5.41, 5.74) is 2.64. The predicted octanol–water partition coefficient (Wildman–Crippen LogP) is 5.58. The number of nitrogens with zero attached hydrogens (tertiary/aromatic N) is 1. The largest absolute Gasteiger partial charge is 0.489 e. The van der Waals surface area contributed by atoms with Crippen LogP contribution in [0.15, 0.2) is 78.9 Å².